The summed E-state index contributed by atoms with van der Waals surface area (Å²) in [7, 11) is 1.60. The number of rotatable bonds is 2. The smallest absolute Gasteiger partial charge is 0.215 e. The second-order valence-electron chi connectivity index (χ2n) is 1.74. The van der Waals surface area contributed by atoms with Gasteiger partial charge in [0.1, 0.15) is 0 Å². The van der Waals surface area contributed by atoms with Gasteiger partial charge in [0.2, 0.25) is 5.91 Å². The van der Waals surface area contributed by atoms with Gasteiger partial charge in [-0.05, 0) is 6.42 Å². The van der Waals surface area contributed by atoms with Crippen LogP contribution in [0, 0.1) is 19.8 Å². The van der Waals surface area contributed by atoms with Crippen molar-refractivity contribution in [2.45, 2.75) is 6.42 Å². The SMILES string of the molecule is [CH2-]C([CH2-])CC(=O)NC.[Y].[Y]. The van der Waals surface area contributed by atoms with Gasteiger partial charge in [-0.25, -0.2) is 0 Å². The van der Waals surface area contributed by atoms with Crippen LogP contribution in [0.5, 0.6) is 0 Å². The number of hydrogen-bond acceptors (Lipinski definition) is 1. The first-order valence-electron chi connectivity index (χ1n) is 2.53. The van der Waals surface area contributed by atoms with Gasteiger partial charge in [-0.15, -0.1) is 0 Å². The summed E-state index contributed by atoms with van der Waals surface area (Å²) in [5.41, 5.74) is 0. The molecule has 2 radical (unpaired) electrons. The molecular formula is C6H11NOY2-2. The summed E-state index contributed by atoms with van der Waals surface area (Å²) in [6.45, 7) is 7.11. The summed E-state index contributed by atoms with van der Waals surface area (Å²) >= 11 is 0. The maximum absolute atomic E-state index is 10.4. The van der Waals surface area contributed by atoms with Crippen LogP contribution in [0.1, 0.15) is 6.42 Å². The number of hydrogen-bond donors (Lipinski definition) is 1. The van der Waals surface area contributed by atoms with Crippen LogP contribution in [0.3, 0.4) is 0 Å². The zero-order chi connectivity index (χ0) is 6.57. The van der Waals surface area contributed by atoms with Gasteiger partial charge in [-0.3, -0.25) is 10.7 Å². The summed E-state index contributed by atoms with van der Waals surface area (Å²) in [6.07, 6.45) is 0.413. The van der Waals surface area contributed by atoms with Crippen molar-refractivity contribution in [2.24, 2.45) is 5.92 Å². The third-order valence-electron chi connectivity index (χ3n) is 0.753. The number of nitrogens with one attached hydrogen (secondary N) is 1. The van der Waals surface area contributed by atoms with E-state index in [4.69, 9.17) is 0 Å². The molecule has 2 nitrogen and oxygen atoms in total. The van der Waals surface area contributed by atoms with Crippen molar-refractivity contribution in [1.82, 2.24) is 5.32 Å². The van der Waals surface area contributed by atoms with Gasteiger partial charge in [0.25, 0.3) is 0 Å². The first-order chi connectivity index (χ1) is 3.66. The Labute approximate surface area is 113 Å². The zero-order valence-electron chi connectivity index (χ0n) is 6.26. The molecule has 0 saturated carbocycles. The minimum Gasteiger partial charge on any atom is -0.369 e. The maximum Gasteiger partial charge on any atom is 0.215 e. The van der Waals surface area contributed by atoms with Crippen LogP contribution in [-0.2, 0) is 70.2 Å². The minimum absolute atomic E-state index is 0. The fourth-order valence-electron chi connectivity index (χ4n) is 0.364. The van der Waals surface area contributed by atoms with Gasteiger partial charge in [-0.2, -0.15) is 0 Å². The average molecular weight is 291 g/mol. The molecule has 0 saturated heterocycles. The largest absolute Gasteiger partial charge is 0.369 e. The maximum atomic E-state index is 10.4. The molecule has 0 aromatic carbocycles. The molecule has 0 aromatic rings. The summed E-state index contributed by atoms with van der Waals surface area (Å²) < 4.78 is 0. The fraction of sp³-hybridized carbons (Fsp3) is 0.500. The summed E-state index contributed by atoms with van der Waals surface area (Å²) in [4.78, 5) is 10.4. The van der Waals surface area contributed by atoms with Gasteiger partial charge >= 0.3 is 0 Å². The molecule has 1 N–H and O–H groups in total. The van der Waals surface area contributed by atoms with E-state index < -0.39 is 0 Å². The van der Waals surface area contributed by atoms with Gasteiger partial charge in [-0.1, -0.05) is 0 Å². The van der Waals surface area contributed by atoms with Crippen LogP contribution < -0.4 is 5.32 Å². The Morgan fingerprint density at radius 1 is 1.50 bits per heavy atom. The van der Waals surface area contributed by atoms with E-state index >= 15 is 0 Å². The van der Waals surface area contributed by atoms with Crippen molar-refractivity contribution in [3.05, 3.63) is 13.8 Å². The Bertz CT molecular complexity index is 85.8. The second-order valence-corrected chi connectivity index (χ2v) is 1.74. The van der Waals surface area contributed by atoms with E-state index in [0.29, 0.717) is 6.42 Å². The molecule has 54 valence electrons. The van der Waals surface area contributed by atoms with Crippen LogP contribution in [0.2, 0.25) is 0 Å². The molecule has 0 heterocycles. The monoisotopic (exact) mass is 291 g/mol. The van der Waals surface area contributed by atoms with E-state index in [1.165, 1.54) is 0 Å². The van der Waals surface area contributed by atoms with Crippen molar-refractivity contribution >= 4 is 5.91 Å². The standard InChI is InChI=1S/C6H11NO.2Y/c1-5(2)4-6(8)7-3;;/h5H,1-2,4H2,3H3,(H,7,8);;/q-2;;. The predicted molar refractivity (Wildman–Crippen MR) is 32.9 cm³/mol. The quantitative estimate of drug-likeness (QED) is 0.733. The second kappa shape index (κ2) is 10.7. The van der Waals surface area contributed by atoms with Gasteiger partial charge in [0.05, 0.1) is 0 Å². The van der Waals surface area contributed by atoms with Crippen LogP contribution in [0.25, 0.3) is 0 Å². The molecule has 0 atom stereocenters. The Morgan fingerprint density at radius 2 is 1.90 bits per heavy atom. The first-order valence-corrected chi connectivity index (χ1v) is 2.53. The Balaban J connectivity index is -0.000000245. The topological polar surface area (TPSA) is 29.1 Å². The molecule has 10 heavy (non-hydrogen) atoms. The van der Waals surface area contributed by atoms with E-state index in [2.05, 4.69) is 19.2 Å². The molecule has 4 heteroatoms. The molecule has 1 amide bonds. The molecule has 0 spiro atoms. The van der Waals surface area contributed by atoms with Crippen molar-refractivity contribution in [3.63, 3.8) is 0 Å². The van der Waals surface area contributed by atoms with Gasteiger partial charge in [0, 0.05) is 72.5 Å². The molecule has 0 unspecified atom stereocenters. The van der Waals surface area contributed by atoms with Crippen molar-refractivity contribution in [1.29, 1.82) is 0 Å². The molecular weight excluding hydrogens is 280 g/mol. The van der Waals surface area contributed by atoms with Crippen molar-refractivity contribution < 1.29 is 70.2 Å². The van der Waals surface area contributed by atoms with E-state index in [0.717, 1.165) is 0 Å². The Hall–Kier alpha value is 1.68. The van der Waals surface area contributed by atoms with Gasteiger partial charge < -0.3 is 19.2 Å². The van der Waals surface area contributed by atoms with Crippen LogP contribution in [0.4, 0.5) is 0 Å². The molecule has 0 rings (SSSR count). The average Bonchev–Trinajstić information content (AvgIpc) is 1.65. The summed E-state index contributed by atoms with van der Waals surface area (Å²) in [6, 6.07) is 0. The van der Waals surface area contributed by atoms with E-state index in [-0.39, 0.29) is 77.2 Å². The Kier molecular flexibility index (Phi) is 18.9. The van der Waals surface area contributed by atoms with Gasteiger partial charge in [0.15, 0.2) is 0 Å². The van der Waals surface area contributed by atoms with Crippen LogP contribution in [-0.4, -0.2) is 13.0 Å². The van der Waals surface area contributed by atoms with E-state index in [9.17, 15) is 4.79 Å². The van der Waals surface area contributed by atoms with Crippen molar-refractivity contribution in [3.8, 4) is 0 Å². The summed E-state index contributed by atoms with van der Waals surface area (Å²) in [5, 5.41) is 2.48. The minimum atomic E-state index is -0.0325. The number of carbonyl (C=O) groups excluding carboxylic acids is 1. The molecule has 0 aromatic heterocycles. The fourth-order valence-corrected chi connectivity index (χ4v) is 0.364. The summed E-state index contributed by atoms with van der Waals surface area (Å²) in [5.74, 6) is -0.0325. The Morgan fingerprint density at radius 3 is 2.00 bits per heavy atom. The molecule has 0 aliphatic carbocycles. The van der Waals surface area contributed by atoms with Crippen molar-refractivity contribution in [2.75, 3.05) is 7.05 Å². The van der Waals surface area contributed by atoms with E-state index in [1.54, 1.807) is 7.05 Å². The van der Waals surface area contributed by atoms with E-state index in [1.807, 2.05) is 0 Å². The van der Waals surface area contributed by atoms with Crippen LogP contribution in [0.15, 0.2) is 0 Å². The third kappa shape index (κ3) is 12.4. The predicted octanol–water partition coefficient (Wildman–Crippen LogP) is 0.402. The van der Waals surface area contributed by atoms with Crippen LogP contribution >= 0.6 is 0 Å². The molecule has 0 bridgehead atoms. The number of carbonyl (C=O) groups is 1. The molecule has 0 aliphatic rings. The normalized spacial score (nSPS) is 7.60. The first kappa shape index (κ1) is 17.7. The number of amides is 1. The zero-order valence-corrected chi connectivity index (χ0v) is 11.9. The third-order valence-corrected chi connectivity index (χ3v) is 0.753. The molecule has 0 fully saturated rings. The molecule has 0 aliphatic heterocycles.